The molecule has 19 heavy (non-hydrogen) atoms. The van der Waals surface area contributed by atoms with Gasteiger partial charge in [-0.1, -0.05) is 34.1 Å². The van der Waals surface area contributed by atoms with E-state index in [1.165, 1.54) is 24.1 Å². The Morgan fingerprint density at radius 3 is 2.63 bits per heavy atom. The van der Waals surface area contributed by atoms with Gasteiger partial charge in [-0.3, -0.25) is 0 Å². The molecule has 2 N–H and O–H groups in total. The molecule has 0 aliphatic carbocycles. The Hall–Kier alpha value is -1.48. The molecular weight excluding hydrogens is 300 g/mol. The number of nitrogens with zero attached hydrogens (tertiary/aromatic N) is 1. The summed E-state index contributed by atoms with van der Waals surface area (Å²) in [5, 5.41) is 0. The maximum absolute atomic E-state index is 5.77. The minimum absolute atomic E-state index is 0.467. The van der Waals surface area contributed by atoms with Crippen LogP contribution < -0.4 is 10.6 Å². The molecule has 2 aromatic rings. The molecular formula is C16H17BrN2. The lowest BCUT2D eigenvalue weighted by atomic mass is 10.0. The zero-order valence-corrected chi connectivity index (χ0v) is 12.3. The van der Waals surface area contributed by atoms with Crippen LogP contribution in [0.5, 0.6) is 0 Å². The fourth-order valence-electron chi connectivity index (χ4n) is 2.80. The maximum atomic E-state index is 5.77. The SMILES string of the molecule is Nc1ccc(C2CCCN2c2cccc(Br)c2)cc1. The van der Waals surface area contributed by atoms with Gasteiger partial charge in [-0.15, -0.1) is 0 Å². The standard InChI is InChI=1S/C16H17BrN2/c17-13-3-1-4-15(11-13)19-10-2-5-16(19)12-6-8-14(18)9-7-12/h1,3-4,6-9,11,16H,2,5,10,18H2. The van der Waals surface area contributed by atoms with Gasteiger partial charge in [0.15, 0.2) is 0 Å². The van der Waals surface area contributed by atoms with Crippen molar-refractivity contribution in [2.45, 2.75) is 18.9 Å². The summed E-state index contributed by atoms with van der Waals surface area (Å²) in [4.78, 5) is 2.48. The van der Waals surface area contributed by atoms with Gasteiger partial charge in [-0.25, -0.2) is 0 Å². The van der Waals surface area contributed by atoms with Gasteiger partial charge < -0.3 is 10.6 Å². The summed E-state index contributed by atoms with van der Waals surface area (Å²) in [6.07, 6.45) is 2.44. The van der Waals surface area contributed by atoms with Gasteiger partial charge in [-0.2, -0.15) is 0 Å². The molecule has 1 atom stereocenters. The Morgan fingerprint density at radius 2 is 1.89 bits per heavy atom. The number of nitrogen functional groups attached to an aromatic ring is 1. The first kappa shape index (κ1) is 12.5. The van der Waals surface area contributed by atoms with Crippen molar-refractivity contribution in [1.29, 1.82) is 0 Å². The molecule has 0 amide bonds. The number of benzene rings is 2. The molecule has 1 unspecified atom stereocenters. The molecule has 3 heteroatoms. The second-order valence-corrected chi connectivity index (χ2v) is 5.91. The minimum Gasteiger partial charge on any atom is -0.399 e. The molecule has 1 saturated heterocycles. The molecule has 2 aromatic carbocycles. The maximum Gasteiger partial charge on any atom is 0.0543 e. The zero-order chi connectivity index (χ0) is 13.2. The van der Waals surface area contributed by atoms with Crippen molar-refractivity contribution in [3.8, 4) is 0 Å². The van der Waals surface area contributed by atoms with Crippen LogP contribution >= 0.6 is 15.9 Å². The summed E-state index contributed by atoms with van der Waals surface area (Å²) < 4.78 is 1.13. The summed E-state index contributed by atoms with van der Waals surface area (Å²) in [5.41, 5.74) is 9.24. The molecule has 1 aliphatic heterocycles. The van der Waals surface area contributed by atoms with Crippen LogP contribution in [0, 0.1) is 0 Å². The van der Waals surface area contributed by atoms with Crippen LogP contribution in [0.2, 0.25) is 0 Å². The molecule has 98 valence electrons. The summed E-state index contributed by atoms with van der Waals surface area (Å²) in [5.74, 6) is 0. The Labute approximate surface area is 122 Å². The highest BCUT2D eigenvalue weighted by Gasteiger charge is 2.26. The van der Waals surface area contributed by atoms with Gasteiger partial charge in [0.25, 0.3) is 0 Å². The molecule has 1 heterocycles. The Morgan fingerprint density at radius 1 is 1.11 bits per heavy atom. The molecule has 3 rings (SSSR count). The minimum atomic E-state index is 0.467. The largest absolute Gasteiger partial charge is 0.399 e. The lowest BCUT2D eigenvalue weighted by Gasteiger charge is -2.27. The third-order valence-corrected chi connectivity index (χ3v) is 4.21. The van der Waals surface area contributed by atoms with Crippen LogP contribution in [0.4, 0.5) is 11.4 Å². The van der Waals surface area contributed by atoms with Crippen LogP contribution in [0.1, 0.15) is 24.4 Å². The smallest absolute Gasteiger partial charge is 0.0543 e. The fraction of sp³-hybridized carbons (Fsp3) is 0.250. The molecule has 1 aliphatic rings. The van der Waals surface area contributed by atoms with E-state index in [0.717, 1.165) is 16.7 Å². The molecule has 0 bridgehead atoms. The second-order valence-electron chi connectivity index (χ2n) is 5.00. The summed E-state index contributed by atoms with van der Waals surface area (Å²) in [6, 6.07) is 17.3. The van der Waals surface area contributed by atoms with Crippen molar-refractivity contribution >= 4 is 27.3 Å². The first-order valence-electron chi connectivity index (χ1n) is 6.62. The van der Waals surface area contributed by atoms with Gasteiger partial charge in [0.1, 0.15) is 0 Å². The van der Waals surface area contributed by atoms with E-state index in [1.54, 1.807) is 0 Å². The second kappa shape index (κ2) is 5.25. The predicted molar refractivity (Wildman–Crippen MR) is 84.3 cm³/mol. The van der Waals surface area contributed by atoms with E-state index in [0.29, 0.717) is 6.04 Å². The Kier molecular flexibility index (Phi) is 3.47. The van der Waals surface area contributed by atoms with Crippen molar-refractivity contribution in [1.82, 2.24) is 0 Å². The summed E-state index contributed by atoms with van der Waals surface area (Å²) in [6.45, 7) is 1.12. The van der Waals surface area contributed by atoms with Gasteiger partial charge >= 0.3 is 0 Å². The predicted octanol–water partition coefficient (Wildman–Crippen LogP) is 4.37. The Balaban J connectivity index is 1.91. The van der Waals surface area contributed by atoms with E-state index in [-0.39, 0.29) is 0 Å². The van der Waals surface area contributed by atoms with Crippen molar-refractivity contribution in [3.05, 3.63) is 58.6 Å². The van der Waals surface area contributed by atoms with Crippen LogP contribution in [-0.2, 0) is 0 Å². The van der Waals surface area contributed by atoms with Gasteiger partial charge in [0.05, 0.1) is 6.04 Å². The number of nitrogens with two attached hydrogens (primary N) is 1. The van der Waals surface area contributed by atoms with E-state index in [2.05, 4.69) is 57.2 Å². The van der Waals surface area contributed by atoms with E-state index in [9.17, 15) is 0 Å². The molecule has 0 saturated carbocycles. The van der Waals surface area contributed by atoms with Crippen LogP contribution in [0.25, 0.3) is 0 Å². The van der Waals surface area contributed by atoms with Crippen LogP contribution in [0.3, 0.4) is 0 Å². The highest BCUT2D eigenvalue weighted by molar-refractivity contribution is 9.10. The van der Waals surface area contributed by atoms with Gasteiger partial charge in [0, 0.05) is 22.4 Å². The van der Waals surface area contributed by atoms with Crippen molar-refractivity contribution in [2.75, 3.05) is 17.2 Å². The van der Waals surface area contributed by atoms with E-state index >= 15 is 0 Å². The number of anilines is 2. The van der Waals surface area contributed by atoms with Crippen molar-refractivity contribution in [2.24, 2.45) is 0 Å². The quantitative estimate of drug-likeness (QED) is 0.833. The normalized spacial score (nSPS) is 18.8. The monoisotopic (exact) mass is 316 g/mol. The van der Waals surface area contributed by atoms with Crippen LogP contribution in [0.15, 0.2) is 53.0 Å². The molecule has 0 radical (unpaired) electrons. The Bertz CT molecular complexity index is 565. The highest BCUT2D eigenvalue weighted by Crippen LogP contribution is 2.36. The molecule has 0 aromatic heterocycles. The highest BCUT2D eigenvalue weighted by atomic mass is 79.9. The van der Waals surface area contributed by atoms with E-state index in [1.807, 2.05) is 12.1 Å². The van der Waals surface area contributed by atoms with Crippen molar-refractivity contribution in [3.63, 3.8) is 0 Å². The third kappa shape index (κ3) is 2.61. The van der Waals surface area contributed by atoms with E-state index < -0.39 is 0 Å². The topological polar surface area (TPSA) is 29.3 Å². The van der Waals surface area contributed by atoms with Gasteiger partial charge in [-0.05, 0) is 48.7 Å². The molecule has 2 nitrogen and oxygen atoms in total. The van der Waals surface area contributed by atoms with Crippen LogP contribution in [-0.4, -0.2) is 6.54 Å². The molecule has 1 fully saturated rings. The summed E-state index contributed by atoms with van der Waals surface area (Å²) >= 11 is 3.55. The first-order valence-corrected chi connectivity index (χ1v) is 7.41. The lowest BCUT2D eigenvalue weighted by molar-refractivity contribution is 0.719. The molecule has 0 spiro atoms. The average Bonchev–Trinajstić information content (AvgIpc) is 2.89. The lowest BCUT2D eigenvalue weighted by Crippen LogP contribution is -2.22. The van der Waals surface area contributed by atoms with Crippen molar-refractivity contribution < 1.29 is 0 Å². The van der Waals surface area contributed by atoms with Gasteiger partial charge in [0.2, 0.25) is 0 Å². The zero-order valence-electron chi connectivity index (χ0n) is 10.7. The number of hydrogen-bond donors (Lipinski definition) is 1. The number of hydrogen-bond acceptors (Lipinski definition) is 2. The number of rotatable bonds is 2. The van der Waals surface area contributed by atoms with E-state index in [4.69, 9.17) is 5.73 Å². The number of halogens is 1. The summed E-state index contributed by atoms with van der Waals surface area (Å²) in [7, 11) is 0. The fourth-order valence-corrected chi connectivity index (χ4v) is 3.18. The third-order valence-electron chi connectivity index (χ3n) is 3.71. The average molecular weight is 317 g/mol. The first-order chi connectivity index (χ1) is 9.24.